The average Bonchev–Trinajstić information content (AvgIpc) is 2.70. The number of nitrogen functional groups attached to an aromatic ring is 1. The number of hydrogen-bond donors (Lipinski definition) is 2. The Hall–Kier alpha value is -1.28. The molecule has 2 aromatic rings. The maximum Gasteiger partial charge on any atom is 0.220 e. The highest BCUT2D eigenvalue weighted by atomic mass is 32.1. The molecule has 2 aromatic heterocycles. The molecule has 0 aromatic carbocycles. The van der Waals surface area contributed by atoms with Crippen molar-refractivity contribution in [2.75, 3.05) is 5.73 Å². The van der Waals surface area contributed by atoms with Crippen molar-refractivity contribution in [1.29, 1.82) is 0 Å². The molecule has 0 aliphatic rings. The molecule has 0 saturated carbocycles. The first-order valence-electron chi connectivity index (χ1n) is 3.44. The van der Waals surface area contributed by atoms with Crippen LogP contribution in [0, 0.1) is 4.77 Å². The number of hydrogen-bond acceptors (Lipinski definition) is 6. The van der Waals surface area contributed by atoms with Crippen LogP contribution in [0.5, 0.6) is 0 Å². The molecule has 0 bridgehead atoms. The monoisotopic (exact) mass is 214 g/mol. The number of nitrogens with two attached hydrogens (primary N) is 1. The fourth-order valence-electron chi connectivity index (χ4n) is 0.896. The lowest BCUT2D eigenvalue weighted by molar-refractivity contribution is 0.803. The standard InChI is InChI=1S/C5H6N6S2/c6-4-8-9-5(12)11(4)2-3-1-7-10-13-3/h1H,2H2,(H2,6,8)(H,9,12). The van der Waals surface area contributed by atoms with Gasteiger partial charge in [-0.05, 0) is 23.8 Å². The third-order valence-corrected chi connectivity index (χ3v) is 2.47. The summed E-state index contributed by atoms with van der Waals surface area (Å²) in [6.07, 6.45) is 1.68. The molecular formula is C5H6N6S2. The van der Waals surface area contributed by atoms with Gasteiger partial charge in [0, 0.05) is 0 Å². The van der Waals surface area contributed by atoms with Crippen LogP contribution in [0.4, 0.5) is 5.95 Å². The van der Waals surface area contributed by atoms with Crippen molar-refractivity contribution in [1.82, 2.24) is 24.4 Å². The Bertz CT molecular complexity index is 440. The van der Waals surface area contributed by atoms with Crippen molar-refractivity contribution < 1.29 is 0 Å². The lowest BCUT2D eigenvalue weighted by Crippen LogP contribution is -2.03. The van der Waals surface area contributed by atoms with Crippen molar-refractivity contribution in [2.24, 2.45) is 0 Å². The number of aromatic amines is 1. The lowest BCUT2D eigenvalue weighted by Gasteiger charge is -1.98. The first-order valence-corrected chi connectivity index (χ1v) is 4.62. The molecule has 0 unspecified atom stereocenters. The molecule has 0 aliphatic heterocycles. The summed E-state index contributed by atoms with van der Waals surface area (Å²) in [6, 6.07) is 0. The highest BCUT2D eigenvalue weighted by Crippen LogP contribution is 2.08. The summed E-state index contributed by atoms with van der Waals surface area (Å²) in [4.78, 5) is 0.990. The largest absolute Gasteiger partial charge is 0.368 e. The Morgan fingerprint density at radius 3 is 3.08 bits per heavy atom. The van der Waals surface area contributed by atoms with E-state index in [1.165, 1.54) is 11.5 Å². The van der Waals surface area contributed by atoms with Gasteiger partial charge < -0.3 is 5.73 Å². The van der Waals surface area contributed by atoms with E-state index in [0.29, 0.717) is 17.3 Å². The Labute approximate surface area is 82.6 Å². The van der Waals surface area contributed by atoms with Gasteiger partial charge in [0.25, 0.3) is 0 Å². The molecule has 0 saturated heterocycles. The van der Waals surface area contributed by atoms with E-state index in [0.717, 1.165) is 4.88 Å². The fourth-order valence-corrected chi connectivity index (χ4v) is 1.58. The van der Waals surface area contributed by atoms with E-state index < -0.39 is 0 Å². The second-order valence-corrected chi connectivity index (χ2v) is 3.61. The van der Waals surface area contributed by atoms with Crippen molar-refractivity contribution >= 4 is 29.7 Å². The normalized spacial score (nSPS) is 10.5. The molecule has 0 atom stereocenters. The lowest BCUT2D eigenvalue weighted by atomic mass is 10.5. The van der Waals surface area contributed by atoms with E-state index in [-0.39, 0.29) is 0 Å². The number of anilines is 1. The highest BCUT2D eigenvalue weighted by molar-refractivity contribution is 7.71. The second-order valence-electron chi connectivity index (χ2n) is 2.36. The minimum absolute atomic E-state index is 0.374. The molecule has 0 aliphatic carbocycles. The van der Waals surface area contributed by atoms with Gasteiger partial charge in [0.05, 0.1) is 17.6 Å². The van der Waals surface area contributed by atoms with E-state index in [9.17, 15) is 0 Å². The topological polar surface area (TPSA) is 85.4 Å². The quantitative estimate of drug-likeness (QED) is 0.708. The zero-order valence-electron chi connectivity index (χ0n) is 6.47. The molecule has 2 heterocycles. The SMILES string of the molecule is Nc1n[nH]c(=S)n1Cc1cnns1. The van der Waals surface area contributed by atoms with E-state index >= 15 is 0 Å². The van der Waals surface area contributed by atoms with E-state index in [1.807, 2.05) is 0 Å². The predicted molar refractivity (Wildman–Crippen MR) is 50.8 cm³/mol. The summed E-state index contributed by atoms with van der Waals surface area (Å²) < 4.78 is 5.93. The van der Waals surface area contributed by atoms with Crippen molar-refractivity contribution in [3.63, 3.8) is 0 Å². The Kier molecular flexibility index (Phi) is 2.07. The number of nitrogens with one attached hydrogen (secondary N) is 1. The third kappa shape index (κ3) is 1.58. The van der Waals surface area contributed by atoms with Gasteiger partial charge >= 0.3 is 0 Å². The molecule has 0 spiro atoms. The molecule has 0 amide bonds. The third-order valence-electron chi connectivity index (χ3n) is 1.51. The van der Waals surface area contributed by atoms with Crippen LogP contribution in [0.15, 0.2) is 6.20 Å². The van der Waals surface area contributed by atoms with Crippen molar-refractivity contribution in [2.45, 2.75) is 6.54 Å². The van der Waals surface area contributed by atoms with Gasteiger partial charge in [0.1, 0.15) is 0 Å². The molecule has 2 rings (SSSR count). The highest BCUT2D eigenvalue weighted by Gasteiger charge is 2.03. The number of H-pyrrole nitrogens is 1. The summed E-state index contributed by atoms with van der Waals surface area (Å²) in [6.45, 7) is 0.568. The maximum atomic E-state index is 5.58. The van der Waals surface area contributed by atoms with Gasteiger partial charge in [0.2, 0.25) is 5.95 Å². The molecule has 0 radical (unpaired) electrons. The summed E-state index contributed by atoms with van der Waals surface area (Å²) in [7, 11) is 0. The van der Waals surface area contributed by atoms with Crippen molar-refractivity contribution in [3.05, 3.63) is 15.8 Å². The van der Waals surface area contributed by atoms with Crippen LogP contribution in [0.3, 0.4) is 0 Å². The van der Waals surface area contributed by atoms with E-state index in [2.05, 4.69) is 19.8 Å². The first-order chi connectivity index (χ1) is 6.27. The summed E-state index contributed by atoms with van der Waals surface area (Å²) in [5.74, 6) is 0.374. The molecule has 68 valence electrons. The fraction of sp³-hybridized carbons (Fsp3) is 0.200. The minimum Gasteiger partial charge on any atom is -0.368 e. The van der Waals surface area contributed by atoms with Gasteiger partial charge in [-0.3, -0.25) is 4.57 Å². The Morgan fingerprint density at radius 2 is 2.54 bits per heavy atom. The van der Waals surface area contributed by atoms with Crippen LogP contribution in [0.2, 0.25) is 0 Å². The molecule has 0 fully saturated rings. The Morgan fingerprint density at radius 1 is 1.69 bits per heavy atom. The van der Waals surface area contributed by atoms with Crippen LogP contribution >= 0.6 is 23.8 Å². The number of rotatable bonds is 2. The van der Waals surface area contributed by atoms with Gasteiger partial charge in [-0.15, -0.1) is 10.2 Å². The average molecular weight is 214 g/mol. The zero-order valence-corrected chi connectivity index (χ0v) is 8.10. The zero-order chi connectivity index (χ0) is 9.26. The number of aromatic nitrogens is 5. The molecule has 6 nitrogen and oxygen atoms in total. The van der Waals surface area contributed by atoms with E-state index in [4.69, 9.17) is 18.0 Å². The molecule has 8 heteroatoms. The number of nitrogens with zero attached hydrogens (tertiary/aromatic N) is 4. The maximum absolute atomic E-state index is 5.58. The smallest absolute Gasteiger partial charge is 0.220 e. The predicted octanol–water partition coefficient (Wildman–Crippen LogP) is 0.423. The van der Waals surface area contributed by atoms with Gasteiger partial charge in [-0.1, -0.05) is 4.49 Å². The first kappa shape index (κ1) is 8.32. The summed E-state index contributed by atoms with van der Waals surface area (Å²) in [5, 5.41) is 10.1. The van der Waals surface area contributed by atoms with Gasteiger partial charge in [-0.2, -0.15) is 0 Å². The van der Waals surface area contributed by atoms with Crippen LogP contribution in [0.25, 0.3) is 0 Å². The van der Waals surface area contributed by atoms with Crippen molar-refractivity contribution in [3.8, 4) is 0 Å². The van der Waals surface area contributed by atoms with E-state index in [1.54, 1.807) is 10.8 Å². The summed E-state index contributed by atoms with van der Waals surface area (Å²) in [5.41, 5.74) is 5.58. The minimum atomic E-state index is 0.374. The van der Waals surface area contributed by atoms with Crippen LogP contribution in [-0.2, 0) is 6.54 Å². The van der Waals surface area contributed by atoms with Crippen LogP contribution in [-0.4, -0.2) is 24.4 Å². The van der Waals surface area contributed by atoms with Gasteiger partial charge in [0.15, 0.2) is 4.77 Å². The summed E-state index contributed by atoms with van der Waals surface area (Å²) >= 11 is 6.29. The molecule has 13 heavy (non-hydrogen) atoms. The van der Waals surface area contributed by atoms with Gasteiger partial charge in [-0.25, -0.2) is 5.10 Å². The van der Waals surface area contributed by atoms with Crippen LogP contribution < -0.4 is 5.73 Å². The molecule has 3 N–H and O–H groups in total. The second kappa shape index (κ2) is 3.23. The Balaban J connectivity index is 2.33. The van der Waals surface area contributed by atoms with Crippen LogP contribution in [0.1, 0.15) is 4.88 Å². The molecular weight excluding hydrogens is 208 g/mol.